The van der Waals surface area contributed by atoms with Gasteiger partial charge in [-0.1, -0.05) is 55.3 Å². The number of carbonyl (C=O) groups excluding carboxylic acids is 2. The van der Waals surface area contributed by atoms with Crippen molar-refractivity contribution in [1.82, 2.24) is 4.31 Å². The molecule has 0 aliphatic carbocycles. The molecule has 0 bridgehead atoms. The van der Waals surface area contributed by atoms with Gasteiger partial charge in [0.15, 0.2) is 6.10 Å². The third-order valence-electron chi connectivity index (χ3n) is 5.22. The first kappa shape index (κ1) is 22.9. The van der Waals surface area contributed by atoms with E-state index in [1.54, 1.807) is 58.9 Å². The number of ether oxygens (including phenoxy) is 1. The van der Waals surface area contributed by atoms with E-state index in [9.17, 15) is 18.0 Å². The van der Waals surface area contributed by atoms with Gasteiger partial charge in [0.1, 0.15) is 0 Å². The summed E-state index contributed by atoms with van der Waals surface area (Å²) in [7, 11) is -3.51. The van der Waals surface area contributed by atoms with Crippen LogP contribution in [0.4, 0.5) is 0 Å². The standard InChI is InChI=1S/C24H27NO5S/c1-19(24(27)21-9-5-4-6-10-21)30-23(26)16-13-20-11-14-22(15-12-20)31(28,29)25-17-7-2-3-8-18-25/h4-6,9-16,19H,2-3,7-8,17-18H2,1H3. The second-order valence-corrected chi connectivity index (χ2v) is 9.47. The second-order valence-electron chi connectivity index (χ2n) is 7.53. The van der Waals surface area contributed by atoms with E-state index in [4.69, 9.17) is 4.74 Å². The molecule has 0 saturated carbocycles. The number of hydrogen-bond acceptors (Lipinski definition) is 5. The fourth-order valence-electron chi connectivity index (χ4n) is 3.45. The van der Waals surface area contributed by atoms with Crippen molar-refractivity contribution in [2.24, 2.45) is 0 Å². The predicted molar refractivity (Wildman–Crippen MR) is 119 cm³/mol. The lowest BCUT2D eigenvalue weighted by Gasteiger charge is -2.19. The zero-order chi connectivity index (χ0) is 22.3. The normalized spacial score (nSPS) is 16.5. The zero-order valence-electron chi connectivity index (χ0n) is 17.6. The minimum Gasteiger partial charge on any atom is -0.451 e. The van der Waals surface area contributed by atoms with Crippen molar-refractivity contribution in [3.8, 4) is 0 Å². The van der Waals surface area contributed by atoms with E-state index in [1.165, 1.54) is 19.1 Å². The van der Waals surface area contributed by atoms with Crippen molar-refractivity contribution in [1.29, 1.82) is 0 Å². The highest BCUT2D eigenvalue weighted by molar-refractivity contribution is 7.89. The Balaban J connectivity index is 1.60. The molecule has 3 rings (SSSR count). The molecule has 1 atom stereocenters. The van der Waals surface area contributed by atoms with Crippen LogP contribution in [0.25, 0.3) is 6.08 Å². The molecule has 1 aliphatic heterocycles. The molecule has 0 spiro atoms. The molecule has 1 heterocycles. The van der Waals surface area contributed by atoms with Crippen molar-refractivity contribution >= 4 is 27.9 Å². The number of hydrogen-bond donors (Lipinski definition) is 0. The van der Waals surface area contributed by atoms with Crippen molar-refractivity contribution in [2.45, 2.75) is 43.6 Å². The minimum atomic E-state index is -3.51. The molecule has 7 heteroatoms. The van der Waals surface area contributed by atoms with Crippen LogP contribution >= 0.6 is 0 Å². The van der Waals surface area contributed by atoms with Crippen molar-refractivity contribution in [3.63, 3.8) is 0 Å². The molecule has 164 valence electrons. The van der Waals surface area contributed by atoms with Gasteiger partial charge in [0.2, 0.25) is 15.8 Å². The molecule has 2 aromatic rings. The number of Topliss-reactive ketones (excluding diaryl/α,β-unsaturated/α-hetero) is 1. The highest BCUT2D eigenvalue weighted by Gasteiger charge is 2.24. The lowest BCUT2D eigenvalue weighted by molar-refractivity contribution is -0.140. The van der Waals surface area contributed by atoms with Gasteiger partial charge in [-0.2, -0.15) is 4.31 Å². The Bertz CT molecular complexity index is 1020. The molecule has 1 fully saturated rings. The quantitative estimate of drug-likeness (QED) is 0.367. The minimum absolute atomic E-state index is 0.246. The number of rotatable bonds is 7. The summed E-state index contributed by atoms with van der Waals surface area (Å²) in [4.78, 5) is 24.6. The van der Waals surface area contributed by atoms with Gasteiger partial charge in [-0.3, -0.25) is 4.79 Å². The van der Waals surface area contributed by atoms with Crippen LogP contribution in [0.15, 0.2) is 65.6 Å². The number of sulfonamides is 1. The Labute approximate surface area is 183 Å². The maximum atomic E-state index is 12.8. The smallest absolute Gasteiger partial charge is 0.331 e. The number of benzene rings is 2. The monoisotopic (exact) mass is 441 g/mol. The summed E-state index contributed by atoms with van der Waals surface area (Å²) in [5.74, 6) is -0.913. The average molecular weight is 442 g/mol. The second kappa shape index (κ2) is 10.5. The summed E-state index contributed by atoms with van der Waals surface area (Å²) < 4.78 is 32.4. The van der Waals surface area contributed by atoms with Crippen LogP contribution in [0.5, 0.6) is 0 Å². The maximum absolute atomic E-state index is 12.8. The molecule has 6 nitrogen and oxygen atoms in total. The van der Waals surface area contributed by atoms with E-state index in [0.29, 0.717) is 24.2 Å². The Hall–Kier alpha value is -2.77. The molecule has 1 saturated heterocycles. The Morgan fingerprint density at radius 3 is 2.16 bits per heavy atom. The zero-order valence-corrected chi connectivity index (χ0v) is 18.4. The van der Waals surface area contributed by atoms with E-state index < -0.39 is 22.1 Å². The van der Waals surface area contributed by atoms with E-state index >= 15 is 0 Å². The molecular weight excluding hydrogens is 414 g/mol. The molecule has 0 radical (unpaired) electrons. The van der Waals surface area contributed by atoms with Gasteiger partial charge in [0, 0.05) is 24.7 Å². The topological polar surface area (TPSA) is 80.8 Å². The summed E-state index contributed by atoms with van der Waals surface area (Å²) in [6, 6.07) is 15.0. The van der Waals surface area contributed by atoms with Crippen molar-refractivity contribution in [3.05, 3.63) is 71.8 Å². The number of carbonyl (C=O) groups is 2. The Morgan fingerprint density at radius 1 is 0.935 bits per heavy atom. The number of nitrogens with zero attached hydrogens (tertiary/aromatic N) is 1. The first-order valence-electron chi connectivity index (χ1n) is 10.5. The maximum Gasteiger partial charge on any atom is 0.331 e. The molecule has 0 N–H and O–H groups in total. The molecule has 0 amide bonds. The first-order valence-corrected chi connectivity index (χ1v) is 11.9. The summed E-state index contributed by atoms with van der Waals surface area (Å²) in [6.45, 7) is 2.63. The van der Waals surface area contributed by atoms with Gasteiger partial charge in [0.25, 0.3) is 0 Å². The van der Waals surface area contributed by atoms with Gasteiger partial charge < -0.3 is 4.74 Å². The lowest BCUT2D eigenvalue weighted by atomic mass is 10.1. The van der Waals surface area contributed by atoms with Crippen molar-refractivity contribution < 1.29 is 22.7 Å². The number of ketones is 1. The van der Waals surface area contributed by atoms with Gasteiger partial charge in [-0.15, -0.1) is 0 Å². The van der Waals surface area contributed by atoms with Crippen LogP contribution < -0.4 is 0 Å². The van der Waals surface area contributed by atoms with Crippen LogP contribution in [0.1, 0.15) is 48.5 Å². The fraction of sp³-hybridized carbons (Fsp3) is 0.333. The summed E-state index contributed by atoms with van der Waals surface area (Å²) >= 11 is 0. The Kier molecular flexibility index (Phi) is 7.76. The molecule has 1 unspecified atom stereocenters. The van der Waals surface area contributed by atoms with E-state index in [2.05, 4.69) is 0 Å². The summed E-state index contributed by atoms with van der Waals surface area (Å²) in [5.41, 5.74) is 1.14. The van der Waals surface area contributed by atoms with Crippen LogP contribution in [0.3, 0.4) is 0 Å². The van der Waals surface area contributed by atoms with Crippen molar-refractivity contribution in [2.75, 3.05) is 13.1 Å². The number of esters is 1. The lowest BCUT2D eigenvalue weighted by Crippen LogP contribution is -2.31. The van der Waals surface area contributed by atoms with Gasteiger partial charge in [-0.05, 0) is 43.5 Å². The molecule has 1 aliphatic rings. The first-order chi connectivity index (χ1) is 14.9. The van der Waals surface area contributed by atoms with Crippen LogP contribution in [0.2, 0.25) is 0 Å². The highest BCUT2D eigenvalue weighted by atomic mass is 32.2. The van der Waals surface area contributed by atoms with E-state index in [-0.39, 0.29) is 10.7 Å². The summed E-state index contributed by atoms with van der Waals surface area (Å²) in [5, 5.41) is 0. The SMILES string of the molecule is CC(OC(=O)C=Cc1ccc(S(=O)(=O)N2CCCCCC2)cc1)C(=O)c1ccccc1. The third-order valence-corrected chi connectivity index (χ3v) is 7.13. The van der Waals surface area contributed by atoms with E-state index in [0.717, 1.165) is 25.7 Å². The summed E-state index contributed by atoms with van der Waals surface area (Å²) in [6.07, 6.45) is 5.74. The molecule has 2 aromatic carbocycles. The van der Waals surface area contributed by atoms with Gasteiger partial charge in [-0.25, -0.2) is 13.2 Å². The molecule has 0 aromatic heterocycles. The third kappa shape index (κ3) is 6.12. The van der Waals surface area contributed by atoms with Gasteiger partial charge >= 0.3 is 5.97 Å². The Morgan fingerprint density at radius 2 is 1.55 bits per heavy atom. The molecular formula is C24H27NO5S. The molecule has 31 heavy (non-hydrogen) atoms. The van der Waals surface area contributed by atoms with Crippen LogP contribution in [-0.2, 0) is 19.6 Å². The average Bonchev–Trinajstić information content (AvgIpc) is 3.08. The van der Waals surface area contributed by atoms with Gasteiger partial charge in [0.05, 0.1) is 4.90 Å². The fourth-order valence-corrected chi connectivity index (χ4v) is 4.97. The van der Waals surface area contributed by atoms with Crippen LogP contribution in [-0.4, -0.2) is 43.7 Å². The van der Waals surface area contributed by atoms with E-state index in [1.807, 2.05) is 0 Å². The predicted octanol–water partition coefficient (Wildman–Crippen LogP) is 4.08. The largest absolute Gasteiger partial charge is 0.451 e. The van der Waals surface area contributed by atoms with Crippen LogP contribution in [0, 0.1) is 0 Å². The highest BCUT2D eigenvalue weighted by Crippen LogP contribution is 2.21.